The number of carbonyl (C=O) groups is 1. The standard InChI is InChI=1S/C10H20N2O2/c1-2-3-4-12-10(13)7-9-8-11-5-6-14-9/h9,11H,2-8H2,1H3,(H,12,13). The smallest absolute Gasteiger partial charge is 0.222 e. The molecule has 1 atom stereocenters. The molecule has 0 aromatic carbocycles. The number of carbonyl (C=O) groups excluding carboxylic acids is 1. The summed E-state index contributed by atoms with van der Waals surface area (Å²) in [7, 11) is 0. The van der Waals surface area contributed by atoms with Crippen molar-refractivity contribution >= 4 is 5.91 Å². The number of unbranched alkanes of at least 4 members (excludes halogenated alkanes) is 1. The van der Waals surface area contributed by atoms with Crippen molar-refractivity contribution in [3.63, 3.8) is 0 Å². The van der Waals surface area contributed by atoms with E-state index in [-0.39, 0.29) is 12.0 Å². The van der Waals surface area contributed by atoms with E-state index in [9.17, 15) is 4.79 Å². The molecule has 2 N–H and O–H groups in total. The molecular formula is C10H20N2O2. The average molecular weight is 200 g/mol. The van der Waals surface area contributed by atoms with E-state index < -0.39 is 0 Å². The van der Waals surface area contributed by atoms with Crippen LogP contribution in [0.3, 0.4) is 0 Å². The fourth-order valence-electron chi connectivity index (χ4n) is 1.43. The Morgan fingerprint density at radius 3 is 3.14 bits per heavy atom. The van der Waals surface area contributed by atoms with E-state index in [0.29, 0.717) is 13.0 Å². The maximum absolute atomic E-state index is 11.4. The van der Waals surface area contributed by atoms with Crippen molar-refractivity contribution in [2.45, 2.75) is 32.3 Å². The summed E-state index contributed by atoms with van der Waals surface area (Å²) in [6.45, 7) is 5.30. The normalized spacial score (nSPS) is 21.9. The van der Waals surface area contributed by atoms with Crippen LogP contribution in [0.5, 0.6) is 0 Å². The van der Waals surface area contributed by atoms with E-state index in [4.69, 9.17) is 4.74 Å². The van der Waals surface area contributed by atoms with Gasteiger partial charge in [-0.2, -0.15) is 0 Å². The van der Waals surface area contributed by atoms with Gasteiger partial charge in [0.15, 0.2) is 0 Å². The molecule has 4 nitrogen and oxygen atoms in total. The molecule has 4 heteroatoms. The van der Waals surface area contributed by atoms with Gasteiger partial charge in [-0.1, -0.05) is 13.3 Å². The zero-order valence-corrected chi connectivity index (χ0v) is 8.84. The van der Waals surface area contributed by atoms with Gasteiger partial charge in [0.2, 0.25) is 5.91 Å². The zero-order valence-electron chi connectivity index (χ0n) is 8.84. The summed E-state index contributed by atoms with van der Waals surface area (Å²) in [5.41, 5.74) is 0. The van der Waals surface area contributed by atoms with Crippen molar-refractivity contribution in [3.05, 3.63) is 0 Å². The Kier molecular flexibility index (Phi) is 5.56. The molecule has 0 bridgehead atoms. The molecule has 1 aliphatic rings. The molecule has 82 valence electrons. The highest BCUT2D eigenvalue weighted by molar-refractivity contribution is 5.76. The monoisotopic (exact) mass is 200 g/mol. The van der Waals surface area contributed by atoms with Gasteiger partial charge in [-0.25, -0.2) is 0 Å². The first kappa shape index (κ1) is 11.5. The van der Waals surface area contributed by atoms with E-state index in [0.717, 1.165) is 32.5 Å². The first-order valence-electron chi connectivity index (χ1n) is 5.42. The topological polar surface area (TPSA) is 50.4 Å². The van der Waals surface area contributed by atoms with E-state index in [1.54, 1.807) is 0 Å². The van der Waals surface area contributed by atoms with Crippen LogP contribution in [0.25, 0.3) is 0 Å². The van der Waals surface area contributed by atoms with Gasteiger partial charge in [-0.3, -0.25) is 4.79 Å². The minimum Gasteiger partial charge on any atom is -0.375 e. The summed E-state index contributed by atoms with van der Waals surface area (Å²) >= 11 is 0. The highest BCUT2D eigenvalue weighted by Crippen LogP contribution is 2.00. The van der Waals surface area contributed by atoms with Gasteiger partial charge in [-0.15, -0.1) is 0 Å². The van der Waals surface area contributed by atoms with Crippen LogP contribution in [-0.2, 0) is 9.53 Å². The molecule has 1 aliphatic heterocycles. The van der Waals surface area contributed by atoms with E-state index >= 15 is 0 Å². The van der Waals surface area contributed by atoms with Crippen LogP contribution >= 0.6 is 0 Å². The molecule has 1 fully saturated rings. The third-order valence-corrected chi connectivity index (χ3v) is 2.27. The minimum absolute atomic E-state index is 0.0605. The fraction of sp³-hybridized carbons (Fsp3) is 0.900. The number of hydrogen-bond acceptors (Lipinski definition) is 3. The maximum Gasteiger partial charge on any atom is 0.222 e. The molecule has 0 saturated carbocycles. The molecule has 1 saturated heterocycles. The lowest BCUT2D eigenvalue weighted by molar-refractivity contribution is -0.124. The van der Waals surface area contributed by atoms with Gasteiger partial charge in [0.1, 0.15) is 0 Å². The van der Waals surface area contributed by atoms with Crippen molar-refractivity contribution in [2.24, 2.45) is 0 Å². The van der Waals surface area contributed by atoms with Crippen molar-refractivity contribution in [1.82, 2.24) is 10.6 Å². The summed E-state index contributed by atoms with van der Waals surface area (Å²) < 4.78 is 5.43. The molecule has 0 aliphatic carbocycles. The summed E-state index contributed by atoms with van der Waals surface area (Å²) in [4.78, 5) is 11.4. The first-order valence-corrected chi connectivity index (χ1v) is 5.42. The van der Waals surface area contributed by atoms with Crippen LogP contribution in [0.2, 0.25) is 0 Å². The van der Waals surface area contributed by atoms with Gasteiger partial charge in [-0.05, 0) is 6.42 Å². The van der Waals surface area contributed by atoms with Gasteiger partial charge in [0.25, 0.3) is 0 Å². The molecule has 0 aromatic rings. The highest BCUT2D eigenvalue weighted by atomic mass is 16.5. The highest BCUT2D eigenvalue weighted by Gasteiger charge is 2.16. The molecular weight excluding hydrogens is 180 g/mol. The van der Waals surface area contributed by atoms with Crippen LogP contribution in [0.15, 0.2) is 0 Å². The maximum atomic E-state index is 11.4. The summed E-state index contributed by atoms with van der Waals surface area (Å²) in [5, 5.41) is 6.09. The molecule has 0 spiro atoms. The summed E-state index contributed by atoms with van der Waals surface area (Å²) in [6.07, 6.45) is 2.71. The van der Waals surface area contributed by atoms with Gasteiger partial charge >= 0.3 is 0 Å². The molecule has 1 heterocycles. The second-order valence-corrected chi connectivity index (χ2v) is 3.60. The Labute approximate surface area is 85.4 Å². The van der Waals surface area contributed by atoms with Crippen molar-refractivity contribution < 1.29 is 9.53 Å². The molecule has 0 radical (unpaired) electrons. The van der Waals surface area contributed by atoms with Gasteiger partial charge < -0.3 is 15.4 Å². The average Bonchev–Trinajstić information content (AvgIpc) is 2.20. The predicted octanol–water partition coefficient (Wildman–Crippen LogP) is 0.281. The number of nitrogens with one attached hydrogen (secondary N) is 2. The zero-order chi connectivity index (χ0) is 10.2. The molecule has 1 rings (SSSR count). The van der Waals surface area contributed by atoms with Crippen molar-refractivity contribution in [1.29, 1.82) is 0 Å². The van der Waals surface area contributed by atoms with Crippen LogP contribution in [0.4, 0.5) is 0 Å². The molecule has 1 unspecified atom stereocenters. The number of rotatable bonds is 5. The first-order chi connectivity index (χ1) is 6.83. The lowest BCUT2D eigenvalue weighted by atomic mass is 10.2. The van der Waals surface area contributed by atoms with E-state index in [1.165, 1.54) is 0 Å². The lowest BCUT2D eigenvalue weighted by Gasteiger charge is -2.22. The summed E-state index contributed by atoms with van der Waals surface area (Å²) in [6, 6.07) is 0. The lowest BCUT2D eigenvalue weighted by Crippen LogP contribution is -2.41. The van der Waals surface area contributed by atoms with Crippen LogP contribution in [0.1, 0.15) is 26.2 Å². The predicted molar refractivity (Wildman–Crippen MR) is 55.1 cm³/mol. The van der Waals surface area contributed by atoms with E-state index in [2.05, 4.69) is 17.6 Å². The minimum atomic E-state index is 0.0605. The van der Waals surface area contributed by atoms with Gasteiger partial charge in [0.05, 0.1) is 19.1 Å². The Bertz CT molecular complexity index is 168. The Hall–Kier alpha value is -0.610. The molecule has 14 heavy (non-hydrogen) atoms. The summed E-state index contributed by atoms with van der Waals surface area (Å²) in [5.74, 6) is 0.104. The third kappa shape index (κ3) is 4.58. The van der Waals surface area contributed by atoms with E-state index in [1.807, 2.05) is 0 Å². The fourth-order valence-corrected chi connectivity index (χ4v) is 1.43. The molecule has 1 amide bonds. The Balaban J connectivity index is 2.06. The van der Waals surface area contributed by atoms with Crippen LogP contribution < -0.4 is 10.6 Å². The van der Waals surface area contributed by atoms with Crippen LogP contribution in [0, 0.1) is 0 Å². The Morgan fingerprint density at radius 2 is 2.50 bits per heavy atom. The number of hydrogen-bond donors (Lipinski definition) is 2. The third-order valence-electron chi connectivity index (χ3n) is 2.27. The second kappa shape index (κ2) is 6.79. The number of morpholine rings is 1. The number of ether oxygens (including phenoxy) is 1. The van der Waals surface area contributed by atoms with Crippen molar-refractivity contribution in [3.8, 4) is 0 Å². The quantitative estimate of drug-likeness (QED) is 0.627. The second-order valence-electron chi connectivity index (χ2n) is 3.60. The largest absolute Gasteiger partial charge is 0.375 e. The van der Waals surface area contributed by atoms with Crippen LogP contribution in [-0.4, -0.2) is 38.3 Å². The SMILES string of the molecule is CCCCNC(=O)CC1CNCCO1. The Morgan fingerprint density at radius 1 is 1.64 bits per heavy atom. The number of amides is 1. The van der Waals surface area contributed by atoms with Crippen molar-refractivity contribution in [2.75, 3.05) is 26.2 Å². The molecule has 0 aromatic heterocycles. The van der Waals surface area contributed by atoms with Gasteiger partial charge in [0, 0.05) is 19.6 Å².